The maximum atomic E-state index is 12.6. The number of hydrogen-bond acceptors (Lipinski definition) is 4. The van der Waals surface area contributed by atoms with Crippen molar-refractivity contribution in [3.05, 3.63) is 83.4 Å². The Morgan fingerprint density at radius 1 is 0.931 bits per heavy atom. The highest BCUT2D eigenvalue weighted by atomic mass is 35.5. The summed E-state index contributed by atoms with van der Waals surface area (Å²) in [6.07, 6.45) is 0. The van der Waals surface area contributed by atoms with E-state index in [1.807, 2.05) is 30.3 Å². The molecule has 3 aromatic rings. The van der Waals surface area contributed by atoms with Crippen LogP contribution in [0.1, 0.15) is 10.4 Å². The molecule has 3 aromatic carbocycles. The van der Waals surface area contributed by atoms with Gasteiger partial charge in [0.1, 0.15) is 11.5 Å². The van der Waals surface area contributed by atoms with Crippen molar-refractivity contribution in [2.24, 2.45) is 0 Å². The van der Waals surface area contributed by atoms with Gasteiger partial charge in [-0.25, -0.2) is 12.7 Å². The van der Waals surface area contributed by atoms with E-state index in [9.17, 15) is 13.2 Å². The Kier molecular flexibility index (Phi) is 6.22. The lowest BCUT2D eigenvalue weighted by Crippen LogP contribution is -2.23. The number of carbonyl (C=O) groups excluding carboxylic acids is 1. The predicted molar refractivity (Wildman–Crippen MR) is 113 cm³/mol. The summed E-state index contributed by atoms with van der Waals surface area (Å²) in [5.41, 5.74) is 0.589. The van der Waals surface area contributed by atoms with Gasteiger partial charge in [-0.15, -0.1) is 0 Å². The van der Waals surface area contributed by atoms with Crippen LogP contribution in [-0.4, -0.2) is 32.7 Å². The normalized spacial score (nSPS) is 11.3. The van der Waals surface area contributed by atoms with E-state index in [0.29, 0.717) is 17.2 Å². The molecule has 1 N–H and O–H groups in total. The molecule has 0 unspecified atom stereocenters. The van der Waals surface area contributed by atoms with Gasteiger partial charge in [-0.2, -0.15) is 0 Å². The standard InChI is InChI=1S/C21H19ClN2O4S/c1-24(2)29(26,27)18-12-13-20(22)19(14-18)21(25)23-15-8-10-17(11-9-15)28-16-6-4-3-5-7-16/h3-14H,1-2H3,(H,23,25). The molecule has 0 heterocycles. The molecule has 29 heavy (non-hydrogen) atoms. The van der Waals surface area contributed by atoms with Crippen molar-refractivity contribution in [1.29, 1.82) is 0 Å². The van der Waals surface area contributed by atoms with Crippen molar-refractivity contribution in [2.45, 2.75) is 4.90 Å². The smallest absolute Gasteiger partial charge is 0.257 e. The summed E-state index contributed by atoms with van der Waals surface area (Å²) in [5.74, 6) is 0.809. The summed E-state index contributed by atoms with van der Waals surface area (Å²) in [6, 6.07) is 20.2. The van der Waals surface area contributed by atoms with E-state index in [-0.39, 0.29) is 15.5 Å². The average molecular weight is 431 g/mol. The zero-order valence-electron chi connectivity index (χ0n) is 15.8. The van der Waals surface area contributed by atoms with Gasteiger partial charge in [0.05, 0.1) is 15.5 Å². The Morgan fingerprint density at radius 3 is 2.17 bits per heavy atom. The van der Waals surface area contributed by atoms with Gasteiger partial charge in [0.15, 0.2) is 0 Å². The van der Waals surface area contributed by atoms with Crippen LogP contribution in [0.25, 0.3) is 0 Å². The molecule has 0 saturated carbocycles. The van der Waals surface area contributed by atoms with E-state index in [1.54, 1.807) is 24.3 Å². The second kappa shape index (κ2) is 8.65. The van der Waals surface area contributed by atoms with Crippen LogP contribution in [0, 0.1) is 0 Å². The van der Waals surface area contributed by atoms with Gasteiger partial charge in [-0.05, 0) is 54.6 Å². The number of hydrogen-bond donors (Lipinski definition) is 1. The highest BCUT2D eigenvalue weighted by Crippen LogP contribution is 2.25. The first-order chi connectivity index (χ1) is 13.8. The number of benzene rings is 3. The van der Waals surface area contributed by atoms with Crippen LogP contribution in [-0.2, 0) is 10.0 Å². The van der Waals surface area contributed by atoms with E-state index in [1.165, 1.54) is 32.3 Å². The quantitative estimate of drug-likeness (QED) is 0.618. The number of anilines is 1. The Balaban J connectivity index is 1.76. The van der Waals surface area contributed by atoms with Crippen molar-refractivity contribution >= 4 is 33.2 Å². The molecule has 1 amide bonds. The molecule has 0 aliphatic rings. The third kappa shape index (κ3) is 4.95. The summed E-state index contributed by atoms with van der Waals surface area (Å²) < 4.78 is 31.4. The van der Waals surface area contributed by atoms with E-state index in [2.05, 4.69) is 5.32 Å². The third-order valence-electron chi connectivity index (χ3n) is 4.05. The van der Waals surface area contributed by atoms with Crippen molar-refractivity contribution in [3.8, 4) is 11.5 Å². The fourth-order valence-corrected chi connectivity index (χ4v) is 3.61. The second-order valence-corrected chi connectivity index (χ2v) is 8.88. The maximum absolute atomic E-state index is 12.6. The summed E-state index contributed by atoms with van der Waals surface area (Å²) in [5, 5.41) is 2.87. The summed E-state index contributed by atoms with van der Waals surface area (Å²) >= 11 is 6.11. The number of carbonyl (C=O) groups is 1. The molecule has 0 radical (unpaired) electrons. The van der Waals surface area contributed by atoms with Crippen molar-refractivity contribution < 1.29 is 17.9 Å². The van der Waals surface area contributed by atoms with Crippen LogP contribution in [0.4, 0.5) is 5.69 Å². The highest BCUT2D eigenvalue weighted by Gasteiger charge is 2.20. The van der Waals surface area contributed by atoms with Crippen molar-refractivity contribution in [1.82, 2.24) is 4.31 Å². The number of para-hydroxylation sites is 1. The van der Waals surface area contributed by atoms with Gasteiger partial charge in [0.25, 0.3) is 5.91 Å². The fourth-order valence-electron chi connectivity index (χ4n) is 2.48. The molecule has 150 valence electrons. The van der Waals surface area contributed by atoms with Crippen LogP contribution < -0.4 is 10.1 Å². The number of nitrogens with one attached hydrogen (secondary N) is 1. The average Bonchev–Trinajstić information content (AvgIpc) is 2.70. The van der Waals surface area contributed by atoms with Gasteiger partial charge < -0.3 is 10.1 Å². The van der Waals surface area contributed by atoms with Crippen LogP contribution in [0.2, 0.25) is 5.02 Å². The summed E-state index contributed by atoms with van der Waals surface area (Å²) in [4.78, 5) is 12.6. The van der Waals surface area contributed by atoms with Crippen LogP contribution in [0.5, 0.6) is 11.5 Å². The molecule has 0 aliphatic carbocycles. The Morgan fingerprint density at radius 2 is 1.55 bits per heavy atom. The van der Waals surface area contributed by atoms with Gasteiger partial charge in [0, 0.05) is 19.8 Å². The molecule has 0 saturated heterocycles. The fraction of sp³-hybridized carbons (Fsp3) is 0.0952. The lowest BCUT2D eigenvalue weighted by atomic mass is 10.2. The summed E-state index contributed by atoms with van der Waals surface area (Å²) in [6.45, 7) is 0. The maximum Gasteiger partial charge on any atom is 0.257 e. The van der Waals surface area contributed by atoms with Gasteiger partial charge in [-0.3, -0.25) is 4.79 Å². The molecule has 0 fully saturated rings. The minimum absolute atomic E-state index is 0.0105. The Labute approximate surface area is 174 Å². The van der Waals surface area contributed by atoms with E-state index in [4.69, 9.17) is 16.3 Å². The largest absolute Gasteiger partial charge is 0.457 e. The number of ether oxygens (including phenoxy) is 1. The monoisotopic (exact) mass is 430 g/mol. The molecule has 0 spiro atoms. The lowest BCUT2D eigenvalue weighted by Gasteiger charge is -2.13. The zero-order valence-corrected chi connectivity index (χ0v) is 17.4. The first-order valence-electron chi connectivity index (χ1n) is 8.64. The number of halogens is 1. The number of rotatable bonds is 6. The molecular weight excluding hydrogens is 412 g/mol. The first-order valence-corrected chi connectivity index (χ1v) is 10.5. The Hall–Kier alpha value is -2.87. The number of nitrogens with zero attached hydrogens (tertiary/aromatic N) is 1. The Bertz CT molecular complexity index is 1120. The van der Waals surface area contributed by atoms with Gasteiger partial charge in [0.2, 0.25) is 10.0 Å². The first kappa shape index (κ1) is 20.9. The summed E-state index contributed by atoms with van der Waals surface area (Å²) in [7, 11) is -0.841. The molecule has 0 aliphatic heterocycles. The topological polar surface area (TPSA) is 75.7 Å². The molecule has 6 nitrogen and oxygen atoms in total. The number of amides is 1. The van der Waals surface area contributed by atoms with Crippen molar-refractivity contribution in [2.75, 3.05) is 19.4 Å². The van der Waals surface area contributed by atoms with Crippen LogP contribution in [0.15, 0.2) is 77.7 Å². The van der Waals surface area contributed by atoms with Crippen molar-refractivity contribution in [3.63, 3.8) is 0 Å². The van der Waals surface area contributed by atoms with E-state index >= 15 is 0 Å². The molecule has 0 aromatic heterocycles. The highest BCUT2D eigenvalue weighted by molar-refractivity contribution is 7.89. The van der Waals surface area contributed by atoms with Crippen LogP contribution in [0.3, 0.4) is 0 Å². The molecular formula is C21H19ClN2O4S. The lowest BCUT2D eigenvalue weighted by molar-refractivity contribution is 0.102. The molecule has 3 rings (SSSR count). The van der Waals surface area contributed by atoms with Gasteiger partial charge in [-0.1, -0.05) is 29.8 Å². The van der Waals surface area contributed by atoms with Crippen LogP contribution >= 0.6 is 11.6 Å². The van der Waals surface area contributed by atoms with Gasteiger partial charge >= 0.3 is 0 Å². The minimum Gasteiger partial charge on any atom is -0.457 e. The number of sulfonamides is 1. The van der Waals surface area contributed by atoms with E-state index in [0.717, 1.165) is 4.31 Å². The van der Waals surface area contributed by atoms with E-state index < -0.39 is 15.9 Å². The molecule has 0 atom stereocenters. The predicted octanol–water partition coefficient (Wildman–Crippen LogP) is 4.63. The minimum atomic E-state index is -3.68. The zero-order chi connectivity index (χ0) is 21.0. The SMILES string of the molecule is CN(C)S(=O)(=O)c1ccc(Cl)c(C(=O)Nc2ccc(Oc3ccccc3)cc2)c1. The molecule has 8 heteroatoms. The third-order valence-corrected chi connectivity index (χ3v) is 6.19. The molecule has 0 bridgehead atoms. The second-order valence-electron chi connectivity index (χ2n) is 6.32.